The fourth-order valence-electron chi connectivity index (χ4n) is 2.54. The SMILES string of the molecule is CNCC1CCCN(C(=O)c2cc(Br)ccc2Cl)C1.Cl. The number of halogens is 3. The van der Waals surface area contributed by atoms with E-state index in [9.17, 15) is 4.79 Å². The lowest BCUT2D eigenvalue weighted by molar-refractivity contribution is 0.0674. The molecule has 0 bridgehead atoms. The number of amides is 1. The summed E-state index contributed by atoms with van der Waals surface area (Å²) in [6, 6.07) is 5.40. The van der Waals surface area contributed by atoms with E-state index >= 15 is 0 Å². The molecule has 1 unspecified atom stereocenters. The average molecular weight is 382 g/mol. The molecule has 1 saturated heterocycles. The van der Waals surface area contributed by atoms with Crippen LogP contribution in [0.15, 0.2) is 22.7 Å². The van der Waals surface area contributed by atoms with E-state index in [2.05, 4.69) is 21.2 Å². The van der Waals surface area contributed by atoms with Crippen LogP contribution in [0.1, 0.15) is 23.2 Å². The zero-order chi connectivity index (χ0) is 13.8. The average Bonchev–Trinajstić information content (AvgIpc) is 2.41. The smallest absolute Gasteiger partial charge is 0.255 e. The molecule has 20 heavy (non-hydrogen) atoms. The van der Waals surface area contributed by atoms with Gasteiger partial charge in [-0.15, -0.1) is 12.4 Å². The van der Waals surface area contributed by atoms with Gasteiger partial charge >= 0.3 is 0 Å². The normalized spacial score (nSPS) is 18.6. The Morgan fingerprint density at radius 1 is 1.55 bits per heavy atom. The van der Waals surface area contributed by atoms with Gasteiger partial charge in [0.15, 0.2) is 0 Å². The number of nitrogens with zero attached hydrogens (tertiary/aromatic N) is 1. The van der Waals surface area contributed by atoms with Crippen LogP contribution in [0, 0.1) is 5.92 Å². The maximum atomic E-state index is 12.5. The lowest BCUT2D eigenvalue weighted by Gasteiger charge is -2.33. The van der Waals surface area contributed by atoms with Crippen LogP contribution in [0.4, 0.5) is 0 Å². The summed E-state index contributed by atoms with van der Waals surface area (Å²) in [5.74, 6) is 0.570. The number of carbonyl (C=O) groups is 1. The van der Waals surface area contributed by atoms with E-state index in [1.54, 1.807) is 12.1 Å². The van der Waals surface area contributed by atoms with Gasteiger partial charge in [0.05, 0.1) is 10.6 Å². The van der Waals surface area contributed by atoms with Gasteiger partial charge in [0, 0.05) is 17.6 Å². The third-order valence-electron chi connectivity index (χ3n) is 3.46. The van der Waals surface area contributed by atoms with Crippen molar-refractivity contribution >= 4 is 45.8 Å². The van der Waals surface area contributed by atoms with Crippen molar-refractivity contribution in [2.45, 2.75) is 12.8 Å². The van der Waals surface area contributed by atoms with Crippen LogP contribution in [-0.4, -0.2) is 37.5 Å². The molecule has 1 fully saturated rings. The summed E-state index contributed by atoms with van der Waals surface area (Å²) in [5, 5.41) is 3.70. The highest BCUT2D eigenvalue weighted by atomic mass is 79.9. The maximum Gasteiger partial charge on any atom is 0.255 e. The van der Waals surface area contributed by atoms with Crippen LogP contribution in [0.2, 0.25) is 5.02 Å². The van der Waals surface area contributed by atoms with E-state index in [0.717, 1.165) is 30.5 Å². The Hall–Kier alpha value is -0.290. The molecule has 0 radical (unpaired) electrons. The van der Waals surface area contributed by atoms with Crippen molar-refractivity contribution < 1.29 is 4.79 Å². The predicted octanol–water partition coefficient (Wildman–Crippen LogP) is 3.60. The summed E-state index contributed by atoms with van der Waals surface area (Å²) in [5.41, 5.74) is 0.584. The Balaban J connectivity index is 0.00000200. The van der Waals surface area contributed by atoms with Gasteiger partial charge in [-0.2, -0.15) is 0 Å². The first-order valence-corrected chi connectivity index (χ1v) is 7.68. The Kier molecular flexibility index (Phi) is 7.30. The van der Waals surface area contributed by atoms with Crippen LogP contribution < -0.4 is 5.32 Å². The second-order valence-corrected chi connectivity index (χ2v) is 6.26. The number of rotatable bonds is 3. The maximum absolute atomic E-state index is 12.5. The fraction of sp³-hybridized carbons (Fsp3) is 0.500. The largest absolute Gasteiger partial charge is 0.338 e. The molecule has 1 aromatic rings. The quantitative estimate of drug-likeness (QED) is 0.867. The van der Waals surface area contributed by atoms with Gasteiger partial charge in [0.2, 0.25) is 0 Å². The highest BCUT2D eigenvalue weighted by Gasteiger charge is 2.25. The Bertz CT molecular complexity index is 468. The summed E-state index contributed by atoms with van der Waals surface area (Å²) in [6.07, 6.45) is 2.24. The minimum atomic E-state index is 0. The van der Waals surface area contributed by atoms with E-state index in [1.165, 1.54) is 6.42 Å². The van der Waals surface area contributed by atoms with Gasteiger partial charge in [-0.05, 0) is 50.6 Å². The molecule has 6 heteroatoms. The molecule has 112 valence electrons. The molecule has 1 atom stereocenters. The number of piperidine rings is 1. The third-order valence-corrected chi connectivity index (χ3v) is 4.28. The minimum absolute atomic E-state index is 0. The molecule has 1 amide bonds. The zero-order valence-electron chi connectivity index (χ0n) is 11.4. The molecule has 0 aromatic heterocycles. The second-order valence-electron chi connectivity index (χ2n) is 4.94. The van der Waals surface area contributed by atoms with Crippen molar-refractivity contribution in [3.05, 3.63) is 33.3 Å². The molecule has 0 saturated carbocycles. The zero-order valence-corrected chi connectivity index (χ0v) is 14.5. The van der Waals surface area contributed by atoms with Crippen molar-refractivity contribution in [2.75, 3.05) is 26.7 Å². The van der Waals surface area contributed by atoms with Crippen molar-refractivity contribution in [2.24, 2.45) is 5.92 Å². The molecule has 0 spiro atoms. The standard InChI is InChI=1S/C14H18BrClN2O.ClH/c1-17-8-10-3-2-6-18(9-10)14(19)12-7-11(15)4-5-13(12)16;/h4-5,7,10,17H,2-3,6,8-9H2,1H3;1H. The molecule has 3 nitrogen and oxygen atoms in total. The number of likely N-dealkylation sites (tertiary alicyclic amines) is 1. The molecule has 2 rings (SSSR count). The molecular weight excluding hydrogens is 363 g/mol. The predicted molar refractivity (Wildman–Crippen MR) is 89.0 cm³/mol. The van der Waals surface area contributed by atoms with Gasteiger partial charge in [0.25, 0.3) is 5.91 Å². The Labute approximate surface area is 139 Å². The summed E-state index contributed by atoms with van der Waals surface area (Å²) in [6.45, 7) is 2.58. The first-order chi connectivity index (χ1) is 9.11. The van der Waals surface area contributed by atoms with Crippen LogP contribution in [0.5, 0.6) is 0 Å². The van der Waals surface area contributed by atoms with Crippen LogP contribution in [0.3, 0.4) is 0 Å². The van der Waals surface area contributed by atoms with E-state index in [4.69, 9.17) is 11.6 Å². The number of carbonyl (C=O) groups excluding carboxylic acids is 1. The third kappa shape index (κ3) is 4.35. The topological polar surface area (TPSA) is 32.3 Å². The minimum Gasteiger partial charge on any atom is -0.338 e. The summed E-state index contributed by atoms with van der Waals surface area (Å²) < 4.78 is 0.879. The molecule has 1 aromatic carbocycles. The van der Waals surface area contributed by atoms with Crippen molar-refractivity contribution in [3.63, 3.8) is 0 Å². The van der Waals surface area contributed by atoms with E-state index < -0.39 is 0 Å². The van der Waals surface area contributed by atoms with Gasteiger partial charge in [-0.1, -0.05) is 27.5 Å². The lowest BCUT2D eigenvalue weighted by atomic mass is 9.97. The molecule has 0 aliphatic carbocycles. The molecule has 1 heterocycles. The van der Waals surface area contributed by atoms with Crippen molar-refractivity contribution in [1.29, 1.82) is 0 Å². The molecular formula is C14H19BrCl2N2O. The fourth-order valence-corrected chi connectivity index (χ4v) is 3.10. The van der Waals surface area contributed by atoms with E-state index in [0.29, 0.717) is 16.5 Å². The van der Waals surface area contributed by atoms with Crippen molar-refractivity contribution in [1.82, 2.24) is 10.2 Å². The summed E-state index contributed by atoms with van der Waals surface area (Å²) in [4.78, 5) is 14.4. The highest BCUT2D eigenvalue weighted by Crippen LogP contribution is 2.24. The van der Waals surface area contributed by atoms with Gasteiger partial charge in [0.1, 0.15) is 0 Å². The van der Waals surface area contributed by atoms with Crippen LogP contribution >= 0.6 is 39.9 Å². The van der Waals surface area contributed by atoms with Crippen molar-refractivity contribution in [3.8, 4) is 0 Å². The Morgan fingerprint density at radius 2 is 2.30 bits per heavy atom. The highest BCUT2D eigenvalue weighted by molar-refractivity contribution is 9.10. The van der Waals surface area contributed by atoms with Gasteiger partial charge in [-0.3, -0.25) is 4.79 Å². The summed E-state index contributed by atoms with van der Waals surface area (Å²) in [7, 11) is 1.95. The second kappa shape index (κ2) is 8.23. The number of hydrogen-bond acceptors (Lipinski definition) is 2. The number of benzene rings is 1. The lowest BCUT2D eigenvalue weighted by Crippen LogP contribution is -2.42. The van der Waals surface area contributed by atoms with Crippen LogP contribution in [-0.2, 0) is 0 Å². The molecule has 1 aliphatic heterocycles. The molecule has 1 aliphatic rings. The summed E-state index contributed by atoms with van der Waals surface area (Å²) >= 11 is 9.51. The van der Waals surface area contributed by atoms with Gasteiger partial charge in [-0.25, -0.2) is 0 Å². The number of hydrogen-bond donors (Lipinski definition) is 1. The van der Waals surface area contributed by atoms with E-state index in [-0.39, 0.29) is 18.3 Å². The Morgan fingerprint density at radius 3 is 3.00 bits per heavy atom. The first-order valence-electron chi connectivity index (χ1n) is 6.50. The monoisotopic (exact) mass is 380 g/mol. The number of nitrogens with one attached hydrogen (secondary N) is 1. The van der Waals surface area contributed by atoms with Crippen LogP contribution in [0.25, 0.3) is 0 Å². The van der Waals surface area contributed by atoms with Gasteiger partial charge < -0.3 is 10.2 Å². The molecule has 1 N–H and O–H groups in total. The first kappa shape index (κ1) is 17.8. The van der Waals surface area contributed by atoms with E-state index in [1.807, 2.05) is 18.0 Å².